The van der Waals surface area contributed by atoms with E-state index in [1.54, 1.807) is 19.3 Å². The molecular weight excluding hydrogens is 385 g/mol. The van der Waals surface area contributed by atoms with Crippen molar-refractivity contribution in [3.05, 3.63) is 41.9 Å². The Morgan fingerprint density at radius 1 is 1.24 bits per heavy atom. The predicted molar refractivity (Wildman–Crippen MR) is 101 cm³/mol. The molecule has 3 aromatic heterocycles. The Labute approximate surface area is 165 Å². The lowest BCUT2D eigenvalue weighted by atomic mass is 10.1. The number of hydrogen-bond donors (Lipinski definition) is 2. The summed E-state index contributed by atoms with van der Waals surface area (Å²) in [4.78, 5) is 12.3. The highest BCUT2D eigenvalue weighted by molar-refractivity contribution is 5.58. The zero-order chi connectivity index (χ0) is 20.6. The number of rotatable bonds is 5. The molecule has 0 saturated carbocycles. The molecule has 4 heterocycles. The fourth-order valence-corrected chi connectivity index (χ4v) is 3.56. The van der Waals surface area contributed by atoms with Gasteiger partial charge in [0.2, 0.25) is 5.95 Å². The van der Waals surface area contributed by atoms with E-state index in [0.29, 0.717) is 12.2 Å². The fraction of sp³-hybridized carbons (Fsp3) is 0.444. The molecule has 4 rings (SSSR count). The fourth-order valence-electron chi connectivity index (χ4n) is 3.56. The lowest BCUT2D eigenvalue weighted by Crippen LogP contribution is -2.23. The monoisotopic (exact) mass is 406 g/mol. The van der Waals surface area contributed by atoms with Crippen molar-refractivity contribution in [2.45, 2.75) is 45.5 Å². The van der Waals surface area contributed by atoms with Crippen LogP contribution < -0.4 is 10.6 Å². The van der Waals surface area contributed by atoms with Crippen LogP contribution in [0.4, 0.5) is 30.6 Å². The molecule has 0 saturated heterocycles. The van der Waals surface area contributed by atoms with Crippen LogP contribution in [0.2, 0.25) is 0 Å². The first-order valence-corrected chi connectivity index (χ1v) is 9.38. The maximum atomic E-state index is 13.1. The molecule has 0 bridgehead atoms. The highest BCUT2D eigenvalue weighted by atomic mass is 19.4. The first-order valence-electron chi connectivity index (χ1n) is 9.38. The van der Waals surface area contributed by atoms with Crippen LogP contribution >= 0.6 is 0 Å². The molecule has 0 amide bonds. The minimum absolute atomic E-state index is 0.0140. The standard InChI is InChI=1S/C18H21F3N8/c1-3-22-15-12(18(19,20)21)9-24-17(27-15)26-13-10-25-29(11(13)2)14-5-4-7-28-8-6-23-16(14)28/h6,8-10,14H,3-5,7H2,1-2H3,(H2,22,24,26,27). The van der Waals surface area contributed by atoms with Gasteiger partial charge in [0.15, 0.2) is 0 Å². The smallest absolute Gasteiger partial charge is 0.370 e. The molecule has 0 spiro atoms. The van der Waals surface area contributed by atoms with Crippen LogP contribution in [0.1, 0.15) is 42.9 Å². The van der Waals surface area contributed by atoms with E-state index in [0.717, 1.165) is 37.1 Å². The zero-order valence-corrected chi connectivity index (χ0v) is 16.0. The van der Waals surface area contributed by atoms with E-state index >= 15 is 0 Å². The molecule has 0 aliphatic carbocycles. The molecule has 1 aliphatic heterocycles. The Morgan fingerprint density at radius 2 is 2.07 bits per heavy atom. The first-order chi connectivity index (χ1) is 13.9. The van der Waals surface area contributed by atoms with Gasteiger partial charge < -0.3 is 15.2 Å². The average Bonchev–Trinajstić information content (AvgIpc) is 3.28. The highest BCUT2D eigenvalue weighted by Crippen LogP contribution is 2.34. The molecule has 1 unspecified atom stereocenters. The van der Waals surface area contributed by atoms with Crippen molar-refractivity contribution in [1.82, 2.24) is 29.3 Å². The van der Waals surface area contributed by atoms with Gasteiger partial charge in [-0.15, -0.1) is 0 Å². The molecule has 0 aromatic carbocycles. The molecule has 0 fully saturated rings. The predicted octanol–water partition coefficient (Wildman–Crippen LogP) is 3.76. The molecule has 29 heavy (non-hydrogen) atoms. The molecular formula is C18H21F3N8. The van der Waals surface area contributed by atoms with Gasteiger partial charge in [0.25, 0.3) is 0 Å². The van der Waals surface area contributed by atoms with Crippen LogP contribution in [-0.4, -0.2) is 35.8 Å². The van der Waals surface area contributed by atoms with Crippen molar-refractivity contribution in [3.63, 3.8) is 0 Å². The van der Waals surface area contributed by atoms with Crippen LogP contribution in [0.15, 0.2) is 24.8 Å². The van der Waals surface area contributed by atoms with E-state index in [9.17, 15) is 13.2 Å². The Kier molecular flexibility index (Phi) is 4.89. The van der Waals surface area contributed by atoms with Crippen LogP contribution in [0.25, 0.3) is 0 Å². The van der Waals surface area contributed by atoms with E-state index in [4.69, 9.17) is 0 Å². The quantitative estimate of drug-likeness (QED) is 0.671. The third-order valence-corrected chi connectivity index (χ3v) is 4.95. The van der Waals surface area contributed by atoms with Crippen molar-refractivity contribution >= 4 is 17.5 Å². The molecule has 1 atom stereocenters. The van der Waals surface area contributed by atoms with Crippen molar-refractivity contribution in [1.29, 1.82) is 0 Å². The van der Waals surface area contributed by atoms with Gasteiger partial charge in [-0.3, -0.25) is 4.68 Å². The summed E-state index contributed by atoms with van der Waals surface area (Å²) in [6.07, 6.45) is 3.56. The number of hydrogen-bond acceptors (Lipinski definition) is 6. The summed E-state index contributed by atoms with van der Waals surface area (Å²) in [5, 5.41) is 10.1. The van der Waals surface area contributed by atoms with Gasteiger partial charge in [0, 0.05) is 31.7 Å². The molecule has 8 nitrogen and oxygen atoms in total. The topological polar surface area (TPSA) is 85.5 Å². The number of imidazole rings is 1. The highest BCUT2D eigenvalue weighted by Gasteiger charge is 2.35. The molecule has 0 radical (unpaired) electrons. The number of aryl methyl sites for hydroxylation is 1. The van der Waals surface area contributed by atoms with Gasteiger partial charge in [0.1, 0.15) is 23.2 Å². The van der Waals surface area contributed by atoms with Crippen molar-refractivity contribution in [2.75, 3.05) is 17.2 Å². The van der Waals surface area contributed by atoms with E-state index < -0.39 is 11.7 Å². The Balaban J connectivity index is 1.61. The number of anilines is 3. The minimum Gasteiger partial charge on any atom is -0.370 e. The molecule has 3 aromatic rings. The van der Waals surface area contributed by atoms with Crippen LogP contribution in [-0.2, 0) is 12.7 Å². The van der Waals surface area contributed by atoms with Crippen molar-refractivity contribution in [2.24, 2.45) is 0 Å². The second-order valence-corrected chi connectivity index (χ2v) is 6.83. The third-order valence-electron chi connectivity index (χ3n) is 4.95. The van der Waals surface area contributed by atoms with E-state index in [-0.39, 0.29) is 17.8 Å². The van der Waals surface area contributed by atoms with Crippen LogP contribution in [0, 0.1) is 6.92 Å². The van der Waals surface area contributed by atoms with Gasteiger partial charge in [-0.05, 0) is 26.7 Å². The van der Waals surface area contributed by atoms with Gasteiger partial charge in [-0.1, -0.05) is 0 Å². The molecule has 154 valence electrons. The number of alkyl halides is 3. The van der Waals surface area contributed by atoms with Gasteiger partial charge in [0.05, 0.1) is 17.6 Å². The van der Waals surface area contributed by atoms with Crippen molar-refractivity contribution in [3.8, 4) is 0 Å². The Morgan fingerprint density at radius 3 is 2.83 bits per heavy atom. The van der Waals surface area contributed by atoms with E-state index in [2.05, 4.69) is 35.3 Å². The number of fused-ring (bicyclic) bond motifs is 1. The second-order valence-electron chi connectivity index (χ2n) is 6.83. The van der Waals surface area contributed by atoms with E-state index in [1.165, 1.54) is 0 Å². The summed E-state index contributed by atoms with van der Waals surface area (Å²) in [6.45, 7) is 4.85. The largest absolute Gasteiger partial charge is 0.421 e. The third kappa shape index (κ3) is 3.64. The van der Waals surface area contributed by atoms with E-state index in [1.807, 2.05) is 17.8 Å². The summed E-state index contributed by atoms with van der Waals surface area (Å²) >= 11 is 0. The lowest BCUT2D eigenvalue weighted by molar-refractivity contribution is -0.137. The molecule has 11 heteroatoms. The lowest BCUT2D eigenvalue weighted by Gasteiger charge is -2.24. The van der Waals surface area contributed by atoms with Crippen molar-refractivity contribution < 1.29 is 13.2 Å². The maximum Gasteiger partial charge on any atom is 0.421 e. The SMILES string of the molecule is CCNc1nc(Nc2cnn(C3CCCn4ccnc43)c2C)ncc1C(F)(F)F. The van der Waals surface area contributed by atoms with Crippen LogP contribution in [0.5, 0.6) is 0 Å². The van der Waals surface area contributed by atoms with Crippen LogP contribution in [0.3, 0.4) is 0 Å². The van der Waals surface area contributed by atoms with Gasteiger partial charge in [-0.25, -0.2) is 9.97 Å². The summed E-state index contributed by atoms with van der Waals surface area (Å²) in [6, 6.07) is 0.0140. The second kappa shape index (κ2) is 7.37. The summed E-state index contributed by atoms with van der Waals surface area (Å²) in [5.41, 5.74) is 0.571. The van der Waals surface area contributed by atoms with Gasteiger partial charge in [-0.2, -0.15) is 23.3 Å². The summed E-state index contributed by atoms with van der Waals surface area (Å²) in [5.74, 6) is 0.771. The number of nitrogens with one attached hydrogen (secondary N) is 2. The normalized spacial score (nSPS) is 16.5. The average molecular weight is 406 g/mol. The van der Waals surface area contributed by atoms with Gasteiger partial charge >= 0.3 is 6.18 Å². The minimum atomic E-state index is -4.53. The Hall–Kier alpha value is -3.11. The summed E-state index contributed by atoms with van der Waals surface area (Å²) in [7, 11) is 0. The molecule has 2 N–H and O–H groups in total. The molecule has 1 aliphatic rings. The Bertz CT molecular complexity index is 1010. The summed E-state index contributed by atoms with van der Waals surface area (Å²) < 4.78 is 43.4. The number of nitrogens with zero attached hydrogens (tertiary/aromatic N) is 6. The zero-order valence-electron chi connectivity index (χ0n) is 16.0. The maximum absolute atomic E-state index is 13.1. The first kappa shape index (κ1) is 19.2. The number of halogens is 3. The number of aromatic nitrogens is 6.